The summed E-state index contributed by atoms with van der Waals surface area (Å²) >= 11 is 0.892. The smallest absolute Gasteiger partial charge is 0.303 e. The van der Waals surface area contributed by atoms with Gasteiger partial charge in [-0.2, -0.15) is 0 Å². The Morgan fingerprint density at radius 3 is 1.71 bits per heavy atom. The maximum absolute atomic E-state index is 11.4. The van der Waals surface area contributed by atoms with Crippen LogP contribution in [0.4, 0.5) is 0 Å². The first-order valence-electron chi connectivity index (χ1n) is 7.10. The second kappa shape index (κ2) is 8.88. The molecule has 136 valence electrons. The van der Waals surface area contributed by atoms with Gasteiger partial charge < -0.3 is 24.1 Å². The van der Waals surface area contributed by atoms with Crippen molar-refractivity contribution in [3.63, 3.8) is 0 Å². The Morgan fingerprint density at radius 1 is 0.792 bits per heavy atom. The van der Waals surface area contributed by atoms with Crippen LogP contribution >= 0.6 is 11.8 Å². The summed E-state index contributed by atoms with van der Waals surface area (Å²) < 4.78 is 20.2. The number of thioether (sulfide) groups is 1. The summed E-state index contributed by atoms with van der Waals surface area (Å²) in [6, 6.07) is 0. The largest absolute Gasteiger partial charge is 0.465 e. The highest BCUT2D eigenvalue weighted by atomic mass is 32.2. The van der Waals surface area contributed by atoms with Crippen LogP contribution in [0, 0.1) is 0 Å². The molecule has 0 aromatic rings. The van der Waals surface area contributed by atoms with Crippen LogP contribution in [0.15, 0.2) is 0 Å². The van der Waals surface area contributed by atoms with E-state index in [0.29, 0.717) is 0 Å². The van der Waals surface area contributed by atoms with Gasteiger partial charge in [0.05, 0.1) is 5.25 Å². The predicted molar refractivity (Wildman–Crippen MR) is 80.7 cm³/mol. The zero-order chi connectivity index (χ0) is 18.4. The molecule has 0 aromatic carbocycles. The molecular formula is C14H20O9S. The molecule has 9 nitrogen and oxygen atoms in total. The van der Waals surface area contributed by atoms with Crippen molar-refractivity contribution in [2.75, 3.05) is 6.61 Å². The van der Waals surface area contributed by atoms with E-state index in [4.69, 9.17) is 18.9 Å². The number of ether oxygens (including phenoxy) is 4. The Bertz CT molecular complexity index is 506. The lowest BCUT2D eigenvalue weighted by Crippen LogP contribution is -2.58. The third-order valence-electron chi connectivity index (χ3n) is 2.97. The number of aliphatic hydroxyl groups excluding tert-OH is 1. The SMILES string of the molecule is CC(=O)OCC1S[C@@H](O)C(OC(C)=O)[C@H](OC(C)=O)[C@H]1OC(C)=O. The van der Waals surface area contributed by atoms with Crippen molar-refractivity contribution >= 4 is 35.6 Å². The molecule has 0 aliphatic carbocycles. The molecule has 1 N–H and O–H groups in total. The first-order chi connectivity index (χ1) is 11.1. The summed E-state index contributed by atoms with van der Waals surface area (Å²) in [5, 5.41) is 9.50. The minimum Gasteiger partial charge on any atom is -0.465 e. The van der Waals surface area contributed by atoms with Gasteiger partial charge in [0.15, 0.2) is 18.3 Å². The number of hydrogen-bond acceptors (Lipinski definition) is 10. The first kappa shape index (κ1) is 20.2. The predicted octanol–water partition coefficient (Wildman–Crippen LogP) is -0.222. The van der Waals surface area contributed by atoms with E-state index in [-0.39, 0.29) is 6.61 Å². The van der Waals surface area contributed by atoms with E-state index in [1.165, 1.54) is 6.92 Å². The van der Waals surface area contributed by atoms with Crippen LogP contribution in [-0.4, -0.2) is 64.6 Å². The molecule has 1 heterocycles. The Kier molecular flexibility index (Phi) is 7.49. The highest BCUT2D eigenvalue weighted by molar-refractivity contribution is 8.00. The summed E-state index contributed by atoms with van der Waals surface area (Å²) in [6.45, 7) is 4.44. The van der Waals surface area contributed by atoms with E-state index in [2.05, 4.69) is 0 Å². The normalized spacial score (nSPS) is 29.3. The minimum absolute atomic E-state index is 0.181. The molecule has 1 aliphatic heterocycles. The average molecular weight is 364 g/mol. The lowest BCUT2D eigenvalue weighted by Gasteiger charge is -2.42. The number of carbonyl (C=O) groups is 4. The molecule has 1 rings (SSSR count). The summed E-state index contributed by atoms with van der Waals surface area (Å²) in [5.41, 5.74) is -1.26. The van der Waals surface area contributed by atoms with Crippen molar-refractivity contribution in [2.45, 2.75) is 56.7 Å². The molecule has 10 heteroatoms. The summed E-state index contributed by atoms with van der Waals surface area (Å²) in [4.78, 5) is 45.0. The Balaban J connectivity index is 3.11. The van der Waals surface area contributed by atoms with Crippen LogP contribution in [0.25, 0.3) is 0 Å². The van der Waals surface area contributed by atoms with Crippen molar-refractivity contribution < 1.29 is 43.2 Å². The standard InChI is InChI=1S/C14H20O9S/c1-6(15)20-5-10-11(21-7(2)16)12(22-8(3)17)13(14(19)24-10)23-9(4)18/h10-14,19H,5H2,1-4H3/t10?,11-,12+,13?,14+/m0/s1. The van der Waals surface area contributed by atoms with Crippen molar-refractivity contribution in [2.24, 2.45) is 0 Å². The monoisotopic (exact) mass is 364 g/mol. The van der Waals surface area contributed by atoms with Gasteiger partial charge in [0.25, 0.3) is 0 Å². The van der Waals surface area contributed by atoms with Gasteiger partial charge in [-0.15, -0.1) is 11.8 Å². The maximum Gasteiger partial charge on any atom is 0.303 e. The number of esters is 4. The molecule has 0 aromatic heterocycles. The number of carbonyl (C=O) groups excluding carboxylic acids is 4. The summed E-state index contributed by atoms with van der Waals surface area (Å²) in [6.07, 6.45) is -3.52. The zero-order valence-electron chi connectivity index (χ0n) is 13.7. The molecule has 1 aliphatic rings. The third kappa shape index (κ3) is 6.00. The lowest BCUT2D eigenvalue weighted by molar-refractivity contribution is -0.191. The van der Waals surface area contributed by atoms with Crippen LogP contribution in [-0.2, 0) is 38.1 Å². The number of hydrogen-bond donors (Lipinski definition) is 1. The Labute approximate surface area is 142 Å². The molecule has 0 radical (unpaired) electrons. The van der Waals surface area contributed by atoms with Gasteiger partial charge in [0.1, 0.15) is 12.0 Å². The molecule has 2 unspecified atom stereocenters. The molecular weight excluding hydrogens is 344 g/mol. The fourth-order valence-corrected chi connectivity index (χ4v) is 3.44. The van der Waals surface area contributed by atoms with Crippen molar-refractivity contribution in [3.05, 3.63) is 0 Å². The summed E-state index contributed by atoms with van der Waals surface area (Å²) in [7, 11) is 0. The van der Waals surface area contributed by atoms with Crippen molar-refractivity contribution in [3.8, 4) is 0 Å². The minimum atomic E-state index is -1.26. The lowest BCUT2D eigenvalue weighted by atomic mass is 10.0. The highest BCUT2D eigenvalue weighted by Crippen LogP contribution is 2.36. The molecule has 0 bridgehead atoms. The average Bonchev–Trinajstić information content (AvgIpc) is 2.42. The molecule has 1 saturated heterocycles. The molecule has 0 amide bonds. The zero-order valence-corrected chi connectivity index (χ0v) is 14.5. The maximum atomic E-state index is 11.4. The van der Waals surface area contributed by atoms with Crippen molar-refractivity contribution in [1.82, 2.24) is 0 Å². The second-order valence-electron chi connectivity index (χ2n) is 5.09. The third-order valence-corrected chi connectivity index (χ3v) is 4.27. The van der Waals surface area contributed by atoms with Gasteiger partial charge >= 0.3 is 23.9 Å². The van der Waals surface area contributed by atoms with Crippen LogP contribution in [0.1, 0.15) is 27.7 Å². The molecule has 5 atom stereocenters. The Morgan fingerprint density at radius 2 is 1.25 bits per heavy atom. The van der Waals surface area contributed by atoms with Gasteiger partial charge in [0.2, 0.25) is 0 Å². The number of rotatable bonds is 5. The van der Waals surface area contributed by atoms with E-state index in [1.807, 2.05) is 0 Å². The van der Waals surface area contributed by atoms with Crippen LogP contribution in [0.3, 0.4) is 0 Å². The van der Waals surface area contributed by atoms with Crippen LogP contribution in [0.5, 0.6) is 0 Å². The van der Waals surface area contributed by atoms with E-state index in [0.717, 1.165) is 32.5 Å². The molecule has 24 heavy (non-hydrogen) atoms. The van der Waals surface area contributed by atoms with Gasteiger partial charge in [-0.25, -0.2) is 0 Å². The fourth-order valence-electron chi connectivity index (χ4n) is 2.21. The van der Waals surface area contributed by atoms with E-state index >= 15 is 0 Å². The molecule has 0 saturated carbocycles. The molecule has 0 spiro atoms. The number of aliphatic hydroxyl groups is 1. The van der Waals surface area contributed by atoms with Crippen molar-refractivity contribution in [1.29, 1.82) is 0 Å². The topological polar surface area (TPSA) is 125 Å². The van der Waals surface area contributed by atoms with Gasteiger partial charge in [0, 0.05) is 27.7 Å². The molecule has 1 fully saturated rings. The summed E-state index contributed by atoms with van der Waals surface area (Å²) in [5.74, 6) is -2.63. The fraction of sp³-hybridized carbons (Fsp3) is 0.714. The van der Waals surface area contributed by atoms with E-state index in [9.17, 15) is 24.3 Å². The quantitative estimate of drug-likeness (QED) is 0.517. The van der Waals surface area contributed by atoms with Crippen LogP contribution < -0.4 is 0 Å². The first-order valence-corrected chi connectivity index (χ1v) is 8.04. The van der Waals surface area contributed by atoms with E-state index in [1.54, 1.807) is 0 Å². The Hall–Kier alpha value is -1.81. The highest BCUT2D eigenvalue weighted by Gasteiger charge is 2.51. The van der Waals surface area contributed by atoms with Gasteiger partial charge in [-0.3, -0.25) is 19.2 Å². The van der Waals surface area contributed by atoms with Gasteiger partial charge in [-0.1, -0.05) is 0 Å². The second-order valence-corrected chi connectivity index (χ2v) is 6.45. The van der Waals surface area contributed by atoms with Crippen LogP contribution in [0.2, 0.25) is 0 Å². The van der Waals surface area contributed by atoms with E-state index < -0.39 is 52.9 Å². The van der Waals surface area contributed by atoms with Gasteiger partial charge in [-0.05, 0) is 0 Å².